The smallest absolute Gasteiger partial charge is 0.230 e. The third kappa shape index (κ3) is 4.05. The molecule has 2 N–H and O–H groups in total. The lowest BCUT2D eigenvalue weighted by Crippen LogP contribution is -2.38. The van der Waals surface area contributed by atoms with Gasteiger partial charge in [0.2, 0.25) is 5.91 Å². The Balaban J connectivity index is 1.58. The lowest BCUT2D eigenvalue weighted by Gasteiger charge is -2.32. The molecule has 0 unspecified atom stereocenters. The molecule has 0 aromatic heterocycles. The molecule has 2 aliphatic rings. The summed E-state index contributed by atoms with van der Waals surface area (Å²) < 4.78 is 25.1. The Bertz CT molecular complexity index is 582. The average molecular weight is 336 g/mol. The molecule has 3 rings (SSSR count). The summed E-state index contributed by atoms with van der Waals surface area (Å²) in [5, 5.41) is 5.91. The first-order chi connectivity index (χ1) is 11.6. The highest BCUT2D eigenvalue weighted by Crippen LogP contribution is 2.31. The highest BCUT2D eigenvalue weighted by Gasteiger charge is 2.35. The second-order valence-electron chi connectivity index (χ2n) is 6.84. The number of carbonyl (C=O) groups is 1. The summed E-state index contributed by atoms with van der Waals surface area (Å²) in [5.74, 6) is -0.451. The molecule has 5 nitrogen and oxygen atoms in total. The molecule has 24 heavy (non-hydrogen) atoms. The van der Waals surface area contributed by atoms with E-state index >= 15 is 0 Å². The van der Waals surface area contributed by atoms with Crippen LogP contribution in [0.2, 0.25) is 0 Å². The molecular weight excluding hydrogens is 311 g/mol. The minimum absolute atomic E-state index is 0.0785. The topological polar surface area (TPSA) is 59.6 Å². The van der Waals surface area contributed by atoms with Crippen LogP contribution in [0.1, 0.15) is 32.6 Å². The van der Waals surface area contributed by atoms with Crippen molar-refractivity contribution in [2.75, 3.05) is 37.0 Å². The van der Waals surface area contributed by atoms with Gasteiger partial charge < -0.3 is 20.1 Å². The predicted molar refractivity (Wildman–Crippen MR) is 90.7 cm³/mol. The van der Waals surface area contributed by atoms with E-state index in [1.54, 1.807) is 12.1 Å². The fourth-order valence-corrected chi connectivity index (χ4v) is 3.10. The first-order valence-electron chi connectivity index (χ1n) is 8.61. The maximum absolute atomic E-state index is 14.2. The van der Waals surface area contributed by atoms with Gasteiger partial charge >= 0.3 is 0 Å². The largest absolute Gasteiger partial charge is 0.381 e. The fraction of sp³-hybridized carbons (Fsp3) is 0.611. The van der Waals surface area contributed by atoms with E-state index in [9.17, 15) is 9.18 Å². The van der Waals surface area contributed by atoms with Crippen molar-refractivity contribution >= 4 is 17.3 Å². The first-order valence-corrected chi connectivity index (χ1v) is 8.61. The van der Waals surface area contributed by atoms with E-state index in [0.717, 1.165) is 19.4 Å². The quantitative estimate of drug-likeness (QED) is 0.867. The van der Waals surface area contributed by atoms with Crippen molar-refractivity contribution in [2.45, 2.75) is 38.7 Å². The summed E-state index contributed by atoms with van der Waals surface area (Å²) in [6.07, 6.45) is 3.58. The summed E-state index contributed by atoms with van der Waals surface area (Å²) in [6.45, 7) is 4.48. The van der Waals surface area contributed by atoms with Crippen molar-refractivity contribution in [3.8, 4) is 0 Å². The molecule has 0 saturated carbocycles. The molecule has 1 amide bonds. The van der Waals surface area contributed by atoms with Crippen molar-refractivity contribution in [1.82, 2.24) is 0 Å². The number of anilines is 2. The average Bonchev–Trinajstić information content (AvgIpc) is 3.08. The molecular formula is C18H25FN2O3. The summed E-state index contributed by atoms with van der Waals surface area (Å²) in [4.78, 5) is 12.5. The zero-order valence-electron chi connectivity index (χ0n) is 14.1. The zero-order chi connectivity index (χ0) is 17.0. The Labute approximate surface area is 141 Å². The van der Waals surface area contributed by atoms with Crippen molar-refractivity contribution in [3.05, 3.63) is 24.0 Å². The third-order valence-electron chi connectivity index (χ3n) is 4.92. The van der Waals surface area contributed by atoms with Gasteiger partial charge in [0.25, 0.3) is 0 Å². The number of nitrogens with one attached hydrogen (secondary N) is 2. The lowest BCUT2D eigenvalue weighted by molar-refractivity contribution is -0.129. The van der Waals surface area contributed by atoms with E-state index in [1.165, 1.54) is 6.07 Å². The molecule has 132 valence electrons. The van der Waals surface area contributed by atoms with Crippen LogP contribution in [-0.2, 0) is 14.3 Å². The van der Waals surface area contributed by atoms with Crippen LogP contribution >= 0.6 is 0 Å². The SMILES string of the molecule is CC1(C(=O)Nc2ccc(NC[C@H]3CCCO3)c(F)c2)CCOCC1. The molecule has 2 aliphatic heterocycles. The van der Waals surface area contributed by atoms with Crippen LogP contribution in [0.15, 0.2) is 18.2 Å². The van der Waals surface area contributed by atoms with E-state index in [2.05, 4.69) is 10.6 Å². The second kappa shape index (κ2) is 7.49. The minimum Gasteiger partial charge on any atom is -0.381 e. The van der Waals surface area contributed by atoms with Crippen LogP contribution in [0.25, 0.3) is 0 Å². The summed E-state index contributed by atoms with van der Waals surface area (Å²) in [5.41, 5.74) is 0.458. The molecule has 2 saturated heterocycles. The molecule has 0 radical (unpaired) electrons. The number of carbonyl (C=O) groups excluding carboxylic acids is 1. The van der Waals surface area contributed by atoms with Crippen LogP contribution < -0.4 is 10.6 Å². The van der Waals surface area contributed by atoms with Crippen molar-refractivity contribution in [2.24, 2.45) is 5.41 Å². The third-order valence-corrected chi connectivity index (χ3v) is 4.92. The Morgan fingerprint density at radius 3 is 2.79 bits per heavy atom. The number of ether oxygens (including phenoxy) is 2. The summed E-state index contributed by atoms with van der Waals surface area (Å²) in [6, 6.07) is 4.74. The van der Waals surface area contributed by atoms with Crippen molar-refractivity contribution < 1.29 is 18.7 Å². The molecule has 6 heteroatoms. The zero-order valence-corrected chi connectivity index (χ0v) is 14.1. The second-order valence-corrected chi connectivity index (χ2v) is 6.84. The molecule has 1 atom stereocenters. The van der Waals surface area contributed by atoms with Gasteiger partial charge in [-0.25, -0.2) is 4.39 Å². The Morgan fingerprint density at radius 2 is 2.12 bits per heavy atom. The molecule has 1 aromatic rings. The molecule has 0 spiro atoms. The Hall–Kier alpha value is -1.66. The summed E-state index contributed by atoms with van der Waals surface area (Å²) >= 11 is 0. The number of benzene rings is 1. The van der Waals surface area contributed by atoms with Gasteiger partial charge in [0.15, 0.2) is 0 Å². The molecule has 1 aromatic carbocycles. The maximum Gasteiger partial charge on any atom is 0.230 e. The number of hydrogen-bond acceptors (Lipinski definition) is 4. The number of halogens is 1. The molecule has 2 fully saturated rings. The summed E-state index contributed by atoms with van der Waals surface area (Å²) in [7, 11) is 0. The van der Waals surface area contributed by atoms with Crippen molar-refractivity contribution in [3.63, 3.8) is 0 Å². The standard InChI is InChI=1S/C18H25FN2O3/c1-18(6-9-23-10-7-18)17(22)21-13-4-5-16(15(19)11-13)20-12-14-3-2-8-24-14/h4-5,11,14,20H,2-3,6-10,12H2,1H3,(H,21,22)/t14-/m1/s1. The lowest BCUT2D eigenvalue weighted by atomic mass is 9.81. The monoisotopic (exact) mass is 336 g/mol. The van der Waals surface area contributed by atoms with Gasteiger partial charge in [0, 0.05) is 32.1 Å². The van der Waals surface area contributed by atoms with Gasteiger partial charge in [-0.3, -0.25) is 4.79 Å². The maximum atomic E-state index is 14.2. The van der Waals surface area contributed by atoms with Crippen LogP contribution in [-0.4, -0.2) is 38.4 Å². The van der Waals surface area contributed by atoms with E-state index in [0.29, 0.717) is 44.0 Å². The highest BCUT2D eigenvalue weighted by molar-refractivity contribution is 5.95. The normalized spacial score (nSPS) is 23.0. The van der Waals surface area contributed by atoms with Gasteiger partial charge in [0.05, 0.1) is 17.2 Å². The number of hydrogen-bond donors (Lipinski definition) is 2. The van der Waals surface area contributed by atoms with Gasteiger partial charge in [-0.2, -0.15) is 0 Å². The van der Waals surface area contributed by atoms with E-state index in [-0.39, 0.29) is 17.8 Å². The van der Waals surface area contributed by atoms with E-state index in [1.807, 2.05) is 6.92 Å². The molecule has 0 bridgehead atoms. The van der Waals surface area contributed by atoms with E-state index in [4.69, 9.17) is 9.47 Å². The Morgan fingerprint density at radius 1 is 1.33 bits per heavy atom. The minimum atomic E-state index is -0.453. The molecule has 2 heterocycles. The van der Waals surface area contributed by atoms with Crippen LogP contribution in [0, 0.1) is 11.2 Å². The van der Waals surface area contributed by atoms with Gasteiger partial charge in [-0.05, 0) is 43.9 Å². The first kappa shape index (κ1) is 17.2. The Kier molecular flexibility index (Phi) is 5.36. The molecule has 0 aliphatic carbocycles. The fourth-order valence-electron chi connectivity index (χ4n) is 3.10. The highest BCUT2D eigenvalue weighted by atomic mass is 19.1. The van der Waals surface area contributed by atoms with Crippen LogP contribution in [0.4, 0.5) is 15.8 Å². The predicted octanol–water partition coefficient (Wildman–Crippen LogP) is 3.17. The van der Waals surface area contributed by atoms with Crippen LogP contribution in [0.5, 0.6) is 0 Å². The van der Waals surface area contributed by atoms with Gasteiger partial charge in [0.1, 0.15) is 5.82 Å². The van der Waals surface area contributed by atoms with Gasteiger partial charge in [-0.15, -0.1) is 0 Å². The van der Waals surface area contributed by atoms with Gasteiger partial charge in [-0.1, -0.05) is 6.92 Å². The van der Waals surface area contributed by atoms with Crippen molar-refractivity contribution in [1.29, 1.82) is 0 Å². The van der Waals surface area contributed by atoms with Crippen LogP contribution in [0.3, 0.4) is 0 Å². The number of rotatable bonds is 5. The number of amides is 1. The van der Waals surface area contributed by atoms with E-state index < -0.39 is 5.41 Å².